The molecule has 0 aliphatic carbocycles. The molecule has 18 heavy (non-hydrogen) atoms. The Morgan fingerprint density at radius 1 is 1.44 bits per heavy atom. The Bertz CT molecular complexity index is 387. The molecule has 1 aromatic heterocycles. The predicted molar refractivity (Wildman–Crippen MR) is 66.4 cm³/mol. The Kier molecular flexibility index (Phi) is 3.51. The molecule has 3 unspecified atom stereocenters. The number of hydrogen-bond donors (Lipinski definition) is 2. The molecule has 6 nitrogen and oxygen atoms in total. The second-order valence-corrected chi connectivity index (χ2v) is 4.98. The van der Waals surface area contributed by atoms with Gasteiger partial charge in [-0.05, 0) is 19.4 Å². The summed E-state index contributed by atoms with van der Waals surface area (Å²) in [6.07, 6.45) is 7.69. The molecule has 3 heterocycles. The molecule has 0 radical (unpaired) electrons. The molecule has 0 bridgehead atoms. The zero-order valence-electron chi connectivity index (χ0n) is 10.3. The lowest BCUT2D eigenvalue weighted by Gasteiger charge is -2.38. The zero-order chi connectivity index (χ0) is 12.4. The van der Waals surface area contributed by atoms with Gasteiger partial charge in [0.25, 0.3) is 0 Å². The average Bonchev–Trinajstić information content (AvgIpc) is 2.88. The summed E-state index contributed by atoms with van der Waals surface area (Å²) < 4.78 is 5.96. The van der Waals surface area contributed by atoms with Gasteiger partial charge in [0.15, 0.2) is 0 Å². The lowest BCUT2D eigenvalue weighted by atomic mass is 10.0. The first kappa shape index (κ1) is 12.0. The SMILES string of the molecule is NNC(c1cncnc1)C1CN2CCCC2CO1. The van der Waals surface area contributed by atoms with Gasteiger partial charge in [-0.25, -0.2) is 9.97 Å². The van der Waals surface area contributed by atoms with E-state index in [2.05, 4.69) is 20.3 Å². The number of nitrogens with one attached hydrogen (secondary N) is 1. The zero-order valence-corrected chi connectivity index (χ0v) is 10.3. The monoisotopic (exact) mass is 249 g/mol. The van der Waals surface area contributed by atoms with Crippen molar-refractivity contribution >= 4 is 0 Å². The third kappa shape index (κ3) is 2.24. The van der Waals surface area contributed by atoms with Crippen LogP contribution in [0, 0.1) is 0 Å². The van der Waals surface area contributed by atoms with Crippen LogP contribution in [0.3, 0.4) is 0 Å². The van der Waals surface area contributed by atoms with E-state index in [9.17, 15) is 0 Å². The van der Waals surface area contributed by atoms with Crippen molar-refractivity contribution in [2.75, 3.05) is 19.7 Å². The van der Waals surface area contributed by atoms with Crippen molar-refractivity contribution in [3.8, 4) is 0 Å². The standard InChI is InChI=1S/C12H19N5O/c13-16-12(9-4-14-8-15-5-9)11-6-17-3-1-2-10(17)7-18-11/h4-5,8,10-12,16H,1-3,6-7,13H2. The van der Waals surface area contributed by atoms with Crippen LogP contribution in [-0.2, 0) is 4.74 Å². The van der Waals surface area contributed by atoms with Crippen LogP contribution in [0.4, 0.5) is 0 Å². The van der Waals surface area contributed by atoms with Crippen LogP contribution in [0.2, 0.25) is 0 Å². The quantitative estimate of drug-likeness (QED) is 0.573. The van der Waals surface area contributed by atoms with Gasteiger partial charge in [-0.2, -0.15) is 0 Å². The fourth-order valence-corrected chi connectivity index (χ4v) is 2.93. The van der Waals surface area contributed by atoms with Crippen molar-refractivity contribution in [1.82, 2.24) is 20.3 Å². The summed E-state index contributed by atoms with van der Waals surface area (Å²) in [6, 6.07) is 0.555. The summed E-state index contributed by atoms with van der Waals surface area (Å²) in [5, 5.41) is 0. The molecule has 6 heteroatoms. The van der Waals surface area contributed by atoms with Crippen LogP contribution < -0.4 is 11.3 Å². The van der Waals surface area contributed by atoms with E-state index in [-0.39, 0.29) is 12.1 Å². The lowest BCUT2D eigenvalue weighted by Crippen LogP contribution is -2.51. The number of hydrogen-bond acceptors (Lipinski definition) is 6. The molecule has 0 saturated carbocycles. The van der Waals surface area contributed by atoms with E-state index in [4.69, 9.17) is 10.6 Å². The molecule has 0 spiro atoms. The van der Waals surface area contributed by atoms with Crippen molar-refractivity contribution in [3.63, 3.8) is 0 Å². The number of ether oxygens (including phenoxy) is 1. The van der Waals surface area contributed by atoms with Crippen molar-refractivity contribution in [1.29, 1.82) is 0 Å². The van der Waals surface area contributed by atoms with Gasteiger partial charge in [-0.15, -0.1) is 0 Å². The van der Waals surface area contributed by atoms with E-state index < -0.39 is 0 Å². The Hall–Kier alpha value is -1.08. The van der Waals surface area contributed by atoms with Gasteiger partial charge in [0.2, 0.25) is 0 Å². The summed E-state index contributed by atoms with van der Waals surface area (Å²) in [6.45, 7) is 2.90. The molecule has 1 aromatic rings. The highest BCUT2D eigenvalue weighted by Crippen LogP contribution is 2.27. The fraction of sp³-hybridized carbons (Fsp3) is 0.667. The minimum Gasteiger partial charge on any atom is -0.373 e. The van der Waals surface area contributed by atoms with Gasteiger partial charge in [-0.3, -0.25) is 16.2 Å². The van der Waals surface area contributed by atoms with E-state index in [0.29, 0.717) is 6.04 Å². The predicted octanol–water partition coefficient (Wildman–Crippen LogP) is -0.156. The van der Waals surface area contributed by atoms with E-state index in [1.54, 1.807) is 12.4 Å². The van der Waals surface area contributed by atoms with Crippen LogP contribution in [0.25, 0.3) is 0 Å². The number of rotatable bonds is 3. The second kappa shape index (κ2) is 5.27. The molecule has 98 valence electrons. The molecule has 3 rings (SSSR count). The van der Waals surface area contributed by atoms with Crippen molar-refractivity contribution in [2.24, 2.45) is 5.84 Å². The van der Waals surface area contributed by atoms with Gasteiger partial charge in [-0.1, -0.05) is 0 Å². The second-order valence-electron chi connectivity index (χ2n) is 4.98. The highest BCUT2D eigenvalue weighted by Gasteiger charge is 2.36. The summed E-state index contributed by atoms with van der Waals surface area (Å²) >= 11 is 0. The number of nitrogens with zero attached hydrogens (tertiary/aromatic N) is 3. The molecular formula is C12H19N5O. The number of morpholine rings is 1. The Morgan fingerprint density at radius 2 is 2.28 bits per heavy atom. The van der Waals surface area contributed by atoms with E-state index in [1.165, 1.54) is 25.7 Å². The van der Waals surface area contributed by atoms with E-state index in [0.717, 1.165) is 18.7 Å². The first-order chi connectivity index (χ1) is 8.88. The van der Waals surface area contributed by atoms with E-state index >= 15 is 0 Å². The Balaban J connectivity index is 1.72. The number of nitrogens with two attached hydrogens (primary N) is 1. The Morgan fingerprint density at radius 3 is 3.06 bits per heavy atom. The highest BCUT2D eigenvalue weighted by molar-refractivity contribution is 5.12. The first-order valence-electron chi connectivity index (χ1n) is 6.45. The average molecular weight is 249 g/mol. The van der Waals surface area contributed by atoms with Crippen LogP contribution >= 0.6 is 0 Å². The maximum absolute atomic E-state index is 5.96. The maximum Gasteiger partial charge on any atom is 0.115 e. The summed E-state index contributed by atoms with van der Waals surface area (Å²) in [7, 11) is 0. The topological polar surface area (TPSA) is 76.3 Å². The minimum atomic E-state index is -0.0484. The van der Waals surface area contributed by atoms with Gasteiger partial charge in [0.05, 0.1) is 18.8 Å². The van der Waals surface area contributed by atoms with Gasteiger partial charge < -0.3 is 4.74 Å². The molecular weight excluding hydrogens is 230 g/mol. The van der Waals surface area contributed by atoms with Gasteiger partial charge in [0, 0.05) is 30.5 Å². The number of fused-ring (bicyclic) bond motifs is 1. The minimum absolute atomic E-state index is 0.0484. The molecule has 2 aliphatic heterocycles. The smallest absolute Gasteiger partial charge is 0.115 e. The normalized spacial score (nSPS) is 30.1. The molecule has 0 aromatic carbocycles. The van der Waals surface area contributed by atoms with Crippen LogP contribution in [0.5, 0.6) is 0 Å². The Labute approximate surface area is 107 Å². The lowest BCUT2D eigenvalue weighted by molar-refractivity contribution is -0.0654. The molecule has 2 fully saturated rings. The summed E-state index contributed by atoms with van der Waals surface area (Å²) in [4.78, 5) is 10.6. The largest absolute Gasteiger partial charge is 0.373 e. The fourth-order valence-electron chi connectivity index (χ4n) is 2.93. The number of aromatic nitrogens is 2. The molecule has 3 atom stereocenters. The third-order valence-corrected chi connectivity index (χ3v) is 3.91. The summed E-state index contributed by atoms with van der Waals surface area (Å²) in [5.41, 5.74) is 3.81. The van der Waals surface area contributed by atoms with Crippen LogP contribution in [-0.4, -0.2) is 46.7 Å². The summed E-state index contributed by atoms with van der Waals surface area (Å²) in [5.74, 6) is 5.67. The van der Waals surface area contributed by atoms with Crippen molar-refractivity contribution < 1.29 is 4.74 Å². The van der Waals surface area contributed by atoms with Crippen molar-refractivity contribution in [3.05, 3.63) is 24.3 Å². The maximum atomic E-state index is 5.96. The molecule has 2 aliphatic rings. The van der Waals surface area contributed by atoms with Crippen LogP contribution in [0.15, 0.2) is 18.7 Å². The van der Waals surface area contributed by atoms with E-state index in [1.807, 2.05) is 0 Å². The first-order valence-corrected chi connectivity index (χ1v) is 6.45. The number of hydrazine groups is 1. The van der Waals surface area contributed by atoms with Gasteiger partial charge >= 0.3 is 0 Å². The molecule has 2 saturated heterocycles. The van der Waals surface area contributed by atoms with Crippen LogP contribution in [0.1, 0.15) is 24.4 Å². The highest BCUT2D eigenvalue weighted by atomic mass is 16.5. The van der Waals surface area contributed by atoms with Gasteiger partial charge in [0.1, 0.15) is 6.33 Å². The molecule has 0 amide bonds. The van der Waals surface area contributed by atoms with Crippen molar-refractivity contribution in [2.45, 2.75) is 31.0 Å². The molecule has 3 N–H and O–H groups in total. The third-order valence-electron chi connectivity index (χ3n) is 3.91.